The first-order chi connectivity index (χ1) is 13.6. The average Bonchev–Trinajstić information content (AvgIpc) is 3.15. The summed E-state index contributed by atoms with van der Waals surface area (Å²) < 4.78 is 7.61. The van der Waals surface area contributed by atoms with Gasteiger partial charge in [0.15, 0.2) is 0 Å². The summed E-state index contributed by atoms with van der Waals surface area (Å²) in [7, 11) is 0. The van der Waals surface area contributed by atoms with Crippen molar-refractivity contribution in [2.75, 3.05) is 26.0 Å². The van der Waals surface area contributed by atoms with E-state index in [2.05, 4.69) is 15.1 Å². The van der Waals surface area contributed by atoms with Gasteiger partial charge in [-0.15, -0.1) is 5.10 Å². The van der Waals surface area contributed by atoms with E-state index in [-0.39, 0.29) is 12.0 Å². The number of ether oxygens (including phenoxy) is 1. The molecule has 7 nitrogen and oxygen atoms in total. The molecule has 1 fully saturated rings. The standard InChI is InChI=1S/C20H23N5O2S/c1-13-16(14(2)25-19(21-13)22-20(23-25)28-3)11-18(26)24-9-10-27-17(12-24)15-7-5-4-6-8-15/h4-8,17H,9-12H2,1-3H3. The van der Waals surface area contributed by atoms with Gasteiger partial charge in [-0.2, -0.15) is 4.98 Å². The number of amides is 1. The number of benzene rings is 1. The Bertz CT molecular complexity index is 1000. The highest BCUT2D eigenvalue weighted by Gasteiger charge is 2.26. The maximum Gasteiger partial charge on any atom is 0.253 e. The van der Waals surface area contributed by atoms with Crippen molar-refractivity contribution >= 4 is 23.4 Å². The summed E-state index contributed by atoms with van der Waals surface area (Å²) in [5.41, 5.74) is 3.75. The van der Waals surface area contributed by atoms with Gasteiger partial charge < -0.3 is 9.64 Å². The number of nitrogens with zero attached hydrogens (tertiary/aromatic N) is 5. The van der Waals surface area contributed by atoms with Crippen LogP contribution in [0.4, 0.5) is 0 Å². The van der Waals surface area contributed by atoms with Crippen molar-refractivity contribution in [3.8, 4) is 0 Å². The third-order valence-corrected chi connectivity index (χ3v) is 5.67. The summed E-state index contributed by atoms with van der Waals surface area (Å²) in [4.78, 5) is 23.9. The first-order valence-electron chi connectivity index (χ1n) is 9.28. The second-order valence-corrected chi connectivity index (χ2v) is 7.63. The number of carbonyl (C=O) groups is 1. The Labute approximate surface area is 168 Å². The van der Waals surface area contributed by atoms with Crippen LogP contribution in [0.25, 0.3) is 5.78 Å². The first-order valence-corrected chi connectivity index (χ1v) is 10.5. The van der Waals surface area contributed by atoms with E-state index < -0.39 is 0 Å². The smallest absolute Gasteiger partial charge is 0.253 e. The molecular formula is C20H23N5O2S. The number of morpholine rings is 1. The Hall–Kier alpha value is -2.45. The second-order valence-electron chi connectivity index (χ2n) is 6.86. The molecule has 3 heterocycles. The minimum Gasteiger partial charge on any atom is -0.370 e. The molecule has 146 valence electrons. The maximum atomic E-state index is 13.0. The molecule has 1 amide bonds. The monoisotopic (exact) mass is 397 g/mol. The van der Waals surface area contributed by atoms with Crippen LogP contribution in [0, 0.1) is 13.8 Å². The number of carbonyl (C=O) groups excluding carboxylic acids is 1. The number of aromatic nitrogens is 4. The Morgan fingerprint density at radius 1 is 1.25 bits per heavy atom. The summed E-state index contributed by atoms with van der Waals surface area (Å²) in [6.07, 6.45) is 2.15. The zero-order valence-corrected chi connectivity index (χ0v) is 17.1. The van der Waals surface area contributed by atoms with Gasteiger partial charge >= 0.3 is 0 Å². The normalized spacial score (nSPS) is 17.2. The van der Waals surface area contributed by atoms with Gasteiger partial charge in [0.05, 0.1) is 19.6 Å². The molecule has 8 heteroatoms. The number of thioether (sulfide) groups is 1. The SMILES string of the molecule is CSc1nc2nc(C)c(CC(=O)N3CCOC(c4ccccc4)C3)c(C)n2n1. The largest absolute Gasteiger partial charge is 0.370 e. The molecule has 0 bridgehead atoms. The lowest BCUT2D eigenvalue weighted by Crippen LogP contribution is -2.43. The van der Waals surface area contributed by atoms with Gasteiger partial charge in [-0.25, -0.2) is 9.50 Å². The van der Waals surface area contributed by atoms with Crippen molar-refractivity contribution in [1.29, 1.82) is 0 Å². The minimum absolute atomic E-state index is 0.0823. The van der Waals surface area contributed by atoms with E-state index in [1.807, 2.05) is 55.3 Å². The zero-order chi connectivity index (χ0) is 19.7. The number of hydrogen-bond donors (Lipinski definition) is 0. The van der Waals surface area contributed by atoms with Gasteiger partial charge in [0.2, 0.25) is 11.1 Å². The minimum atomic E-state index is -0.0823. The summed E-state index contributed by atoms with van der Waals surface area (Å²) in [5, 5.41) is 5.14. The van der Waals surface area contributed by atoms with Gasteiger partial charge in [-0.3, -0.25) is 4.79 Å². The topological polar surface area (TPSA) is 72.6 Å². The van der Waals surface area contributed by atoms with Crippen LogP contribution in [0.5, 0.6) is 0 Å². The summed E-state index contributed by atoms with van der Waals surface area (Å²) in [5.74, 6) is 0.660. The van der Waals surface area contributed by atoms with E-state index in [0.29, 0.717) is 37.1 Å². The molecule has 0 radical (unpaired) electrons. The molecule has 1 aliphatic rings. The quantitative estimate of drug-likeness (QED) is 0.630. The fourth-order valence-corrected chi connectivity index (χ4v) is 3.88. The predicted molar refractivity (Wildman–Crippen MR) is 107 cm³/mol. The molecule has 0 spiro atoms. The van der Waals surface area contributed by atoms with Crippen LogP contribution in [-0.4, -0.2) is 56.3 Å². The molecule has 1 unspecified atom stereocenters. The van der Waals surface area contributed by atoms with E-state index in [9.17, 15) is 4.79 Å². The molecule has 1 saturated heterocycles. The van der Waals surface area contributed by atoms with Crippen molar-refractivity contribution < 1.29 is 9.53 Å². The lowest BCUT2D eigenvalue weighted by Gasteiger charge is -2.33. The maximum absolute atomic E-state index is 13.0. The highest BCUT2D eigenvalue weighted by atomic mass is 32.2. The van der Waals surface area contributed by atoms with Crippen LogP contribution in [0.1, 0.15) is 28.6 Å². The van der Waals surface area contributed by atoms with Gasteiger partial charge in [-0.1, -0.05) is 42.1 Å². The second kappa shape index (κ2) is 7.89. The molecule has 2 aromatic heterocycles. The highest BCUT2D eigenvalue weighted by Crippen LogP contribution is 2.23. The van der Waals surface area contributed by atoms with Crippen LogP contribution in [0.15, 0.2) is 35.5 Å². The lowest BCUT2D eigenvalue weighted by atomic mass is 10.1. The third-order valence-electron chi connectivity index (χ3n) is 5.13. The van der Waals surface area contributed by atoms with Crippen LogP contribution in [0.2, 0.25) is 0 Å². The Morgan fingerprint density at radius 3 is 2.79 bits per heavy atom. The molecule has 0 aliphatic carbocycles. The lowest BCUT2D eigenvalue weighted by molar-refractivity contribution is -0.138. The van der Waals surface area contributed by atoms with Crippen LogP contribution >= 0.6 is 11.8 Å². The molecule has 0 N–H and O–H groups in total. The van der Waals surface area contributed by atoms with Crippen molar-refractivity contribution in [1.82, 2.24) is 24.5 Å². The van der Waals surface area contributed by atoms with Gasteiger partial charge in [0.1, 0.15) is 6.10 Å². The molecular weight excluding hydrogens is 374 g/mol. The fourth-order valence-electron chi connectivity index (χ4n) is 3.54. The number of rotatable bonds is 4. The number of fused-ring (bicyclic) bond motifs is 1. The predicted octanol–water partition coefficient (Wildman–Crippen LogP) is 2.61. The summed E-state index contributed by atoms with van der Waals surface area (Å²) in [6, 6.07) is 10.1. The third kappa shape index (κ3) is 3.62. The Morgan fingerprint density at radius 2 is 2.04 bits per heavy atom. The molecule has 0 saturated carbocycles. The van der Waals surface area contributed by atoms with Gasteiger partial charge in [0.25, 0.3) is 5.78 Å². The molecule has 1 atom stereocenters. The number of aryl methyl sites for hydroxylation is 2. The average molecular weight is 398 g/mol. The molecule has 1 aliphatic heterocycles. The first kappa shape index (κ1) is 18.9. The van der Waals surface area contributed by atoms with E-state index >= 15 is 0 Å². The summed E-state index contributed by atoms with van der Waals surface area (Å²) >= 11 is 1.48. The molecule has 4 rings (SSSR count). The van der Waals surface area contributed by atoms with Gasteiger partial charge in [0, 0.05) is 23.5 Å². The van der Waals surface area contributed by atoms with Crippen LogP contribution < -0.4 is 0 Å². The Kier molecular flexibility index (Phi) is 5.32. The van der Waals surface area contributed by atoms with Crippen molar-refractivity contribution in [2.45, 2.75) is 31.5 Å². The van der Waals surface area contributed by atoms with Gasteiger partial charge in [-0.05, 0) is 25.7 Å². The molecule has 1 aromatic carbocycles. The van der Waals surface area contributed by atoms with Crippen molar-refractivity contribution in [2.24, 2.45) is 0 Å². The van der Waals surface area contributed by atoms with Crippen molar-refractivity contribution in [3.63, 3.8) is 0 Å². The zero-order valence-electron chi connectivity index (χ0n) is 16.3. The number of hydrogen-bond acceptors (Lipinski definition) is 6. The van der Waals surface area contributed by atoms with Crippen LogP contribution in [-0.2, 0) is 16.0 Å². The highest BCUT2D eigenvalue weighted by molar-refractivity contribution is 7.98. The van der Waals surface area contributed by atoms with E-state index in [1.165, 1.54) is 11.8 Å². The fraction of sp³-hybridized carbons (Fsp3) is 0.400. The van der Waals surface area contributed by atoms with Crippen molar-refractivity contribution in [3.05, 3.63) is 52.8 Å². The molecule has 3 aromatic rings. The summed E-state index contributed by atoms with van der Waals surface area (Å²) in [6.45, 7) is 5.61. The Balaban J connectivity index is 1.54. The molecule has 28 heavy (non-hydrogen) atoms. The van der Waals surface area contributed by atoms with E-state index in [4.69, 9.17) is 4.74 Å². The van der Waals surface area contributed by atoms with E-state index in [1.54, 1.807) is 4.52 Å². The van der Waals surface area contributed by atoms with E-state index in [0.717, 1.165) is 22.5 Å². The van der Waals surface area contributed by atoms with Crippen LogP contribution in [0.3, 0.4) is 0 Å².